The van der Waals surface area contributed by atoms with Crippen molar-refractivity contribution in [1.29, 1.82) is 0 Å². The van der Waals surface area contributed by atoms with Crippen LogP contribution in [0.4, 0.5) is 4.39 Å². The molecule has 0 N–H and O–H groups in total. The van der Waals surface area contributed by atoms with Gasteiger partial charge in [-0.2, -0.15) is 0 Å². The van der Waals surface area contributed by atoms with Gasteiger partial charge in [0.05, 0.1) is 11.3 Å². The highest BCUT2D eigenvalue weighted by Crippen LogP contribution is 2.63. The number of oxime groups is 1. The molecule has 0 radical (unpaired) electrons. The second kappa shape index (κ2) is 4.65. The number of nitrogens with zero attached hydrogens (tertiary/aromatic N) is 1. The van der Waals surface area contributed by atoms with Crippen LogP contribution in [0, 0.1) is 22.6 Å². The van der Waals surface area contributed by atoms with Crippen LogP contribution in [-0.4, -0.2) is 11.7 Å². The summed E-state index contributed by atoms with van der Waals surface area (Å²) in [6.07, 6.45) is 3.21. The lowest BCUT2D eigenvalue weighted by Gasteiger charge is -2.34. The lowest BCUT2D eigenvalue weighted by molar-refractivity contribution is 0.0508. The Morgan fingerprint density at radius 3 is 2.48 bits per heavy atom. The average molecular weight is 289 g/mol. The summed E-state index contributed by atoms with van der Waals surface area (Å²) >= 11 is 0. The number of hydrogen-bond acceptors (Lipinski definition) is 3. The number of carbonyl (C=O) groups excluding carboxylic acids is 1. The van der Waals surface area contributed by atoms with Gasteiger partial charge in [-0.15, -0.1) is 0 Å². The Morgan fingerprint density at radius 1 is 1.29 bits per heavy atom. The Labute approximate surface area is 124 Å². The number of fused-ring (bicyclic) bond motifs is 2. The van der Waals surface area contributed by atoms with Crippen molar-refractivity contribution in [3.63, 3.8) is 0 Å². The first-order valence-corrected chi connectivity index (χ1v) is 7.39. The fraction of sp³-hybridized carbons (Fsp3) is 0.529. The molecule has 2 fully saturated rings. The largest absolute Gasteiger partial charge is 0.365 e. The maximum absolute atomic E-state index is 12.8. The molecule has 1 aromatic carbocycles. The molecule has 0 aliphatic heterocycles. The first-order valence-electron chi connectivity index (χ1n) is 7.39. The Hall–Kier alpha value is -1.71. The van der Waals surface area contributed by atoms with Gasteiger partial charge in [0.15, 0.2) is 0 Å². The second-order valence-electron chi connectivity index (χ2n) is 6.92. The van der Waals surface area contributed by atoms with Crippen LogP contribution in [-0.2, 0) is 4.84 Å². The van der Waals surface area contributed by atoms with Crippen LogP contribution in [0.2, 0.25) is 0 Å². The predicted octanol–water partition coefficient (Wildman–Crippen LogP) is 4.18. The maximum atomic E-state index is 12.8. The van der Waals surface area contributed by atoms with E-state index in [-0.39, 0.29) is 16.6 Å². The molecule has 0 heterocycles. The summed E-state index contributed by atoms with van der Waals surface area (Å²) < 4.78 is 12.8. The van der Waals surface area contributed by atoms with E-state index in [4.69, 9.17) is 4.84 Å². The molecule has 2 atom stereocenters. The highest BCUT2D eigenvalue weighted by molar-refractivity contribution is 5.95. The summed E-state index contributed by atoms with van der Waals surface area (Å²) in [5.74, 6) is -0.294. The van der Waals surface area contributed by atoms with Crippen LogP contribution in [0.25, 0.3) is 0 Å². The zero-order chi connectivity index (χ0) is 15.3. The van der Waals surface area contributed by atoms with E-state index in [2.05, 4.69) is 25.9 Å². The number of rotatable bonds is 2. The molecule has 2 aliphatic carbocycles. The molecule has 112 valence electrons. The number of halogens is 1. The molecule has 21 heavy (non-hydrogen) atoms. The molecule has 2 aliphatic rings. The summed E-state index contributed by atoms with van der Waals surface area (Å²) in [4.78, 5) is 17.0. The molecule has 0 aromatic heterocycles. The predicted molar refractivity (Wildman–Crippen MR) is 78.5 cm³/mol. The van der Waals surface area contributed by atoms with Gasteiger partial charge in [0.1, 0.15) is 5.82 Å². The van der Waals surface area contributed by atoms with E-state index in [1.54, 1.807) is 0 Å². The van der Waals surface area contributed by atoms with E-state index in [1.165, 1.54) is 30.7 Å². The monoisotopic (exact) mass is 289 g/mol. The molecular formula is C17H20FNO2. The van der Waals surface area contributed by atoms with E-state index in [9.17, 15) is 9.18 Å². The van der Waals surface area contributed by atoms with Crippen molar-refractivity contribution in [2.24, 2.45) is 21.9 Å². The lowest BCUT2D eigenvalue weighted by Crippen LogP contribution is -2.32. The van der Waals surface area contributed by atoms with Crippen molar-refractivity contribution in [2.45, 2.75) is 40.0 Å². The maximum Gasteiger partial charge on any atom is 0.365 e. The first-order chi connectivity index (χ1) is 9.84. The van der Waals surface area contributed by atoms with E-state index in [1.807, 2.05) is 0 Å². The van der Waals surface area contributed by atoms with Crippen LogP contribution < -0.4 is 0 Å². The Bertz CT molecular complexity index is 606. The van der Waals surface area contributed by atoms with Crippen molar-refractivity contribution in [2.75, 3.05) is 0 Å². The lowest BCUT2D eigenvalue weighted by atomic mass is 9.70. The third-order valence-electron chi connectivity index (χ3n) is 5.83. The van der Waals surface area contributed by atoms with Crippen molar-refractivity contribution in [1.82, 2.24) is 0 Å². The van der Waals surface area contributed by atoms with E-state index in [0.29, 0.717) is 11.5 Å². The zero-order valence-corrected chi connectivity index (χ0v) is 12.6. The van der Waals surface area contributed by atoms with Crippen molar-refractivity contribution >= 4 is 11.7 Å². The van der Waals surface area contributed by atoms with E-state index < -0.39 is 5.97 Å². The number of hydrogen-bond donors (Lipinski definition) is 0. The quantitative estimate of drug-likeness (QED) is 0.605. The molecule has 3 nitrogen and oxygen atoms in total. The summed E-state index contributed by atoms with van der Waals surface area (Å²) in [5, 5.41) is 4.15. The summed E-state index contributed by atoms with van der Waals surface area (Å²) in [6.45, 7) is 6.76. The van der Waals surface area contributed by atoms with Gasteiger partial charge >= 0.3 is 5.97 Å². The summed E-state index contributed by atoms with van der Waals surface area (Å²) in [7, 11) is 0. The number of benzene rings is 1. The molecule has 2 saturated carbocycles. The Morgan fingerprint density at radius 2 is 1.95 bits per heavy atom. The minimum atomic E-state index is -0.535. The molecule has 0 amide bonds. The molecular weight excluding hydrogens is 269 g/mol. The van der Waals surface area contributed by atoms with Gasteiger partial charge in [0.25, 0.3) is 0 Å². The summed E-state index contributed by atoms with van der Waals surface area (Å²) in [5.41, 5.74) is 1.52. The molecule has 0 spiro atoms. The number of carbonyl (C=O) groups is 1. The van der Waals surface area contributed by atoms with Crippen molar-refractivity contribution < 1.29 is 14.0 Å². The third kappa shape index (κ3) is 2.08. The fourth-order valence-electron chi connectivity index (χ4n) is 3.80. The van der Waals surface area contributed by atoms with Gasteiger partial charge < -0.3 is 4.84 Å². The highest BCUT2D eigenvalue weighted by atomic mass is 19.1. The normalized spacial score (nSPS) is 31.6. The topological polar surface area (TPSA) is 38.7 Å². The van der Waals surface area contributed by atoms with Crippen LogP contribution in [0.3, 0.4) is 0 Å². The minimum Gasteiger partial charge on any atom is -0.313 e. The molecule has 0 unspecified atom stereocenters. The van der Waals surface area contributed by atoms with Gasteiger partial charge in [-0.1, -0.05) is 25.9 Å². The van der Waals surface area contributed by atoms with Crippen LogP contribution in [0.15, 0.2) is 29.4 Å². The molecule has 4 heteroatoms. The Kier molecular flexibility index (Phi) is 3.15. The second-order valence-corrected chi connectivity index (χ2v) is 6.92. The fourth-order valence-corrected chi connectivity index (χ4v) is 3.80. The van der Waals surface area contributed by atoms with E-state index >= 15 is 0 Å². The van der Waals surface area contributed by atoms with Crippen LogP contribution in [0.1, 0.15) is 50.4 Å². The average Bonchev–Trinajstić information content (AvgIpc) is 2.78. The molecule has 0 saturated heterocycles. The minimum absolute atomic E-state index is 0.0146. The molecule has 2 bridgehead atoms. The smallest absolute Gasteiger partial charge is 0.313 e. The van der Waals surface area contributed by atoms with Gasteiger partial charge in [-0.25, -0.2) is 9.18 Å². The van der Waals surface area contributed by atoms with Crippen LogP contribution in [0.5, 0.6) is 0 Å². The summed E-state index contributed by atoms with van der Waals surface area (Å²) in [6, 6.07) is 5.30. The van der Waals surface area contributed by atoms with Gasteiger partial charge in [-0.3, -0.25) is 0 Å². The third-order valence-corrected chi connectivity index (χ3v) is 5.83. The van der Waals surface area contributed by atoms with Crippen LogP contribution >= 0.6 is 0 Å². The van der Waals surface area contributed by atoms with Gasteiger partial charge in [-0.05, 0) is 54.9 Å². The van der Waals surface area contributed by atoms with E-state index in [0.717, 1.165) is 18.6 Å². The Balaban J connectivity index is 1.76. The SMILES string of the molecule is CC1(C)[C@H]2CC[C@]1(C)/C(=N\OC(=O)c1ccc(F)cc1)C2. The van der Waals surface area contributed by atoms with Gasteiger partial charge in [0.2, 0.25) is 0 Å². The molecule has 3 rings (SSSR count). The van der Waals surface area contributed by atoms with Crippen molar-refractivity contribution in [3.05, 3.63) is 35.6 Å². The zero-order valence-electron chi connectivity index (χ0n) is 12.6. The standard InChI is InChI=1S/C17H20FNO2/c1-16(2)12-8-9-17(16,3)14(10-12)19-21-15(20)11-4-6-13(18)7-5-11/h4-7,12H,8-10H2,1-3H3/b19-14-/t12-,17+/m0/s1. The molecule has 1 aromatic rings. The highest BCUT2D eigenvalue weighted by Gasteiger charge is 2.60. The van der Waals surface area contributed by atoms with Crippen molar-refractivity contribution in [3.8, 4) is 0 Å². The first kappa shape index (κ1) is 14.2. The van der Waals surface area contributed by atoms with Gasteiger partial charge in [0, 0.05) is 5.41 Å².